The second kappa shape index (κ2) is 7.25. The molecule has 0 N–H and O–H groups in total. The van der Waals surface area contributed by atoms with E-state index < -0.39 is 0 Å². The van der Waals surface area contributed by atoms with Gasteiger partial charge in [0.25, 0.3) is 0 Å². The van der Waals surface area contributed by atoms with Crippen molar-refractivity contribution < 1.29 is 0 Å². The second-order valence-corrected chi connectivity index (χ2v) is 8.43. The number of hydrogen-bond acceptors (Lipinski definition) is 0. The molecule has 0 bridgehead atoms. The Labute approximate surface area is 184 Å². The molecular weight excluding hydrogens is 372 g/mol. The van der Waals surface area contributed by atoms with Crippen molar-refractivity contribution in [3.8, 4) is 22.3 Å². The number of hydrogen-bond donors (Lipinski definition) is 0. The van der Waals surface area contributed by atoms with Gasteiger partial charge in [-0.3, -0.25) is 0 Å². The fourth-order valence-electron chi connectivity index (χ4n) is 5.46. The third-order valence-corrected chi connectivity index (χ3v) is 6.79. The summed E-state index contributed by atoms with van der Waals surface area (Å²) < 4.78 is 0. The lowest BCUT2D eigenvalue weighted by Crippen LogP contribution is -2.29. The number of rotatable bonds is 3. The zero-order chi connectivity index (χ0) is 20.7. The minimum atomic E-state index is -0.283. The SMILES string of the molecule is C1=CC(C2(c3ccccc3)c3ccccc3-c3ccc(-c4ccccc4)cc32)=CCC1. The highest BCUT2D eigenvalue weighted by Crippen LogP contribution is 2.57. The van der Waals surface area contributed by atoms with Gasteiger partial charge in [-0.05, 0) is 63.4 Å². The first-order valence-corrected chi connectivity index (χ1v) is 11.1. The highest BCUT2D eigenvalue weighted by molar-refractivity contribution is 5.88. The molecule has 4 aromatic carbocycles. The summed E-state index contributed by atoms with van der Waals surface area (Å²) in [6, 6.07) is 37.8. The predicted molar refractivity (Wildman–Crippen MR) is 130 cm³/mol. The van der Waals surface area contributed by atoms with Crippen LogP contribution < -0.4 is 0 Å². The molecule has 6 rings (SSSR count). The van der Waals surface area contributed by atoms with Gasteiger partial charge < -0.3 is 0 Å². The molecule has 2 aliphatic carbocycles. The maximum atomic E-state index is 2.45. The maximum Gasteiger partial charge on any atom is 0.0710 e. The van der Waals surface area contributed by atoms with Crippen LogP contribution in [0.3, 0.4) is 0 Å². The van der Waals surface area contributed by atoms with Crippen LogP contribution in [0.15, 0.2) is 127 Å². The van der Waals surface area contributed by atoms with E-state index in [9.17, 15) is 0 Å². The molecule has 0 saturated heterocycles. The van der Waals surface area contributed by atoms with Gasteiger partial charge in [-0.1, -0.05) is 115 Å². The average Bonchev–Trinajstić information content (AvgIpc) is 3.16. The van der Waals surface area contributed by atoms with E-state index >= 15 is 0 Å². The maximum absolute atomic E-state index is 2.45. The van der Waals surface area contributed by atoms with Crippen LogP contribution in [0, 0.1) is 0 Å². The molecular formula is C31H24. The first-order chi connectivity index (χ1) is 15.4. The van der Waals surface area contributed by atoms with Gasteiger partial charge in [-0.2, -0.15) is 0 Å². The summed E-state index contributed by atoms with van der Waals surface area (Å²) in [5, 5.41) is 0. The summed E-state index contributed by atoms with van der Waals surface area (Å²) in [6.07, 6.45) is 9.36. The Kier molecular flexibility index (Phi) is 4.25. The van der Waals surface area contributed by atoms with Gasteiger partial charge >= 0.3 is 0 Å². The quantitative estimate of drug-likeness (QED) is 0.330. The van der Waals surface area contributed by atoms with E-state index in [1.165, 1.54) is 44.5 Å². The van der Waals surface area contributed by atoms with Crippen LogP contribution in [0.1, 0.15) is 29.5 Å². The molecule has 0 radical (unpaired) electrons. The normalized spacial score (nSPS) is 18.9. The first kappa shape index (κ1) is 18.2. The Hall–Kier alpha value is -3.64. The van der Waals surface area contributed by atoms with Crippen molar-refractivity contribution >= 4 is 0 Å². The molecule has 1 unspecified atom stereocenters. The van der Waals surface area contributed by atoms with Crippen molar-refractivity contribution in [1.29, 1.82) is 0 Å². The molecule has 0 amide bonds. The smallest absolute Gasteiger partial charge is 0.0710 e. The fraction of sp³-hybridized carbons (Fsp3) is 0.0968. The summed E-state index contributed by atoms with van der Waals surface area (Å²) >= 11 is 0. The van der Waals surface area contributed by atoms with Gasteiger partial charge in [0.05, 0.1) is 5.41 Å². The Morgan fingerprint density at radius 1 is 0.548 bits per heavy atom. The predicted octanol–water partition coefficient (Wildman–Crippen LogP) is 7.94. The van der Waals surface area contributed by atoms with Crippen molar-refractivity contribution in [1.82, 2.24) is 0 Å². The molecule has 148 valence electrons. The van der Waals surface area contributed by atoms with E-state index in [1.807, 2.05) is 0 Å². The topological polar surface area (TPSA) is 0 Å². The minimum Gasteiger partial charge on any atom is -0.0839 e. The number of fused-ring (bicyclic) bond motifs is 3. The lowest BCUT2D eigenvalue weighted by Gasteiger charge is -2.35. The third kappa shape index (κ3) is 2.68. The van der Waals surface area contributed by atoms with Gasteiger partial charge in [0.2, 0.25) is 0 Å². The fourth-order valence-corrected chi connectivity index (χ4v) is 5.46. The molecule has 2 aliphatic rings. The zero-order valence-electron chi connectivity index (χ0n) is 17.5. The molecule has 1 atom stereocenters. The van der Waals surface area contributed by atoms with Crippen LogP contribution in [0.2, 0.25) is 0 Å². The van der Waals surface area contributed by atoms with Gasteiger partial charge in [-0.15, -0.1) is 0 Å². The highest BCUT2D eigenvalue weighted by atomic mass is 14.5. The van der Waals surface area contributed by atoms with Gasteiger partial charge in [-0.25, -0.2) is 0 Å². The van der Waals surface area contributed by atoms with Gasteiger partial charge in [0.15, 0.2) is 0 Å². The van der Waals surface area contributed by atoms with Crippen LogP contribution >= 0.6 is 0 Å². The standard InChI is InChI=1S/C31H24/c1-4-12-23(13-5-1)24-20-21-28-27-18-10-11-19-29(27)31(30(28)22-24,25-14-6-2-7-15-25)26-16-8-3-9-17-26/h1-2,4-8,10-22H,3,9H2. The van der Waals surface area contributed by atoms with E-state index in [4.69, 9.17) is 0 Å². The molecule has 0 heteroatoms. The molecule has 0 heterocycles. The minimum absolute atomic E-state index is 0.283. The van der Waals surface area contributed by atoms with E-state index in [0.29, 0.717) is 0 Å². The summed E-state index contributed by atoms with van der Waals surface area (Å²) in [5.41, 5.74) is 10.4. The summed E-state index contributed by atoms with van der Waals surface area (Å²) in [7, 11) is 0. The van der Waals surface area contributed by atoms with Crippen molar-refractivity contribution in [2.45, 2.75) is 18.3 Å². The molecule has 0 aliphatic heterocycles. The summed E-state index contributed by atoms with van der Waals surface area (Å²) in [5.74, 6) is 0. The third-order valence-electron chi connectivity index (χ3n) is 6.79. The van der Waals surface area contributed by atoms with Crippen molar-refractivity contribution in [3.05, 3.63) is 144 Å². The van der Waals surface area contributed by atoms with E-state index in [-0.39, 0.29) is 5.41 Å². The monoisotopic (exact) mass is 396 g/mol. The van der Waals surface area contributed by atoms with Crippen LogP contribution in [0.25, 0.3) is 22.3 Å². The molecule has 31 heavy (non-hydrogen) atoms. The van der Waals surface area contributed by atoms with Crippen molar-refractivity contribution in [3.63, 3.8) is 0 Å². The van der Waals surface area contributed by atoms with Crippen LogP contribution in [-0.4, -0.2) is 0 Å². The molecule has 0 fully saturated rings. The lowest BCUT2D eigenvalue weighted by atomic mass is 9.66. The molecule has 0 saturated carbocycles. The summed E-state index contributed by atoms with van der Waals surface area (Å²) in [4.78, 5) is 0. The molecule has 0 nitrogen and oxygen atoms in total. The largest absolute Gasteiger partial charge is 0.0839 e. The highest BCUT2D eigenvalue weighted by Gasteiger charge is 2.46. The van der Waals surface area contributed by atoms with Crippen LogP contribution in [-0.2, 0) is 5.41 Å². The van der Waals surface area contributed by atoms with Crippen LogP contribution in [0.4, 0.5) is 0 Å². The lowest BCUT2D eigenvalue weighted by molar-refractivity contribution is 0.752. The summed E-state index contributed by atoms with van der Waals surface area (Å²) in [6.45, 7) is 0. The Morgan fingerprint density at radius 2 is 1.26 bits per heavy atom. The molecule has 0 aromatic heterocycles. The van der Waals surface area contributed by atoms with Crippen LogP contribution in [0.5, 0.6) is 0 Å². The van der Waals surface area contributed by atoms with Gasteiger partial charge in [0.1, 0.15) is 0 Å². The Balaban J connectivity index is 1.72. The zero-order valence-corrected chi connectivity index (χ0v) is 17.5. The van der Waals surface area contributed by atoms with Crippen molar-refractivity contribution in [2.24, 2.45) is 0 Å². The van der Waals surface area contributed by atoms with E-state index in [0.717, 1.165) is 12.8 Å². The van der Waals surface area contributed by atoms with E-state index in [2.05, 4.69) is 121 Å². The molecule has 0 spiro atoms. The van der Waals surface area contributed by atoms with Gasteiger partial charge in [0, 0.05) is 0 Å². The average molecular weight is 397 g/mol. The number of allylic oxidation sites excluding steroid dienone is 4. The molecule has 4 aromatic rings. The first-order valence-electron chi connectivity index (χ1n) is 11.1. The number of benzene rings is 4. The van der Waals surface area contributed by atoms with Crippen molar-refractivity contribution in [2.75, 3.05) is 0 Å². The Bertz CT molecular complexity index is 1310. The van der Waals surface area contributed by atoms with E-state index in [1.54, 1.807) is 0 Å². The second-order valence-electron chi connectivity index (χ2n) is 8.43. The Morgan fingerprint density at radius 3 is 2.03 bits per heavy atom.